The van der Waals surface area contributed by atoms with Gasteiger partial charge in [-0.3, -0.25) is 0 Å². The maximum atomic E-state index is 10.0. The van der Waals surface area contributed by atoms with Crippen LogP contribution in [0.3, 0.4) is 0 Å². The summed E-state index contributed by atoms with van der Waals surface area (Å²) in [4.78, 5) is 1.35. The van der Waals surface area contributed by atoms with Crippen molar-refractivity contribution < 1.29 is 5.11 Å². The molecule has 1 aromatic carbocycles. The van der Waals surface area contributed by atoms with E-state index >= 15 is 0 Å². The zero-order chi connectivity index (χ0) is 15.5. The van der Waals surface area contributed by atoms with E-state index in [4.69, 9.17) is 0 Å². The maximum Gasteiger partial charge on any atom is 0.119 e. The molecule has 2 rings (SSSR count). The summed E-state index contributed by atoms with van der Waals surface area (Å²) in [5, 5.41) is 13.4. The Kier molecular flexibility index (Phi) is 5.58. The topological polar surface area (TPSA) is 20.2 Å². The van der Waals surface area contributed by atoms with Gasteiger partial charge >= 0.3 is 0 Å². The molecule has 0 spiro atoms. The maximum absolute atomic E-state index is 10.0. The second-order valence-electron chi connectivity index (χ2n) is 5.95. The van der Waals surface area contributed by atoms with Gasteiger partial charge in [-0.15, -0.1) is 11.8 Å². The fraction of sp³-hybridized carbons (Fsp3) is 0.412. The highest BCUT2D eigenvalue weighted by atomic mass is 32.2. The molecule has 1 nitrogen and oxygen atoms in total. The number of hydrogen-bond donors (Lipinski definition) is 1. The van der Waals surface area contributed by atoms with E-state index in [0.29, 0.717) is 5.75 Å². The van der Waals surface area contributed by atoms with E-state index in [2.05, 4.69) is 50.5 Å². The highest BCUT2D eigenvalue weighted by molar-refractivity contribution is 8.01. The minimum absolute atomic E-state index is 0.452. The average Bonchev–Trinajstić information content (AvgIpc) is 3.00. The molecule has 0 bridgehead atoms. The number of thioether (sulfide) groups is 1. The van der Waals surface area contributed by atoms with Gasteiger partial charge in [-0.25, -0.2) is 0 Å². The Morgan fingerprint density at radius 1 is 1.14 bits per heavy atom. The van der Waals surface area contributed by atoms with Gasteiger partial charge in [-0.1, -0.05) is 39.1 Å². The summed E-state index contributed by atoms with van der Waals surface area (Å²) in [6, 6.07) is 8.59. The summed E-state index contributed by atoms with van der Waals surface area (Å²) in [5.41, 5.74) is 2.33. The van der Waals surface area contributed by atoms with Gasteiger partial charge in [0, 0.05) is 4.90 Å². The summed E-state index contributed by atoms with van der Waals surface area (Å²) >= 11 is 3.87. The Morgan fingerprint density at radius 3 is 2.43 bits per heavy atom. The predicted octanol–water partition coefficient (Wildman–Crippen LogP) is 4.83. The molecule has 114 valence electrons. The van der Waals surface area contributed by atoms with Gasteiger partial charge in [0.2, 0.25) is 0 Å². The van der Waals surface area contributed by atoms with Gasteiger partial charge < -0.3 is 5.11 Å². The third kappa shape index (κ3) is 3.93. The number of aryl methyl sites for hydroxylation is 2. The lowest BCUT2D eigenvalue weighted by Crippen LogP contribution is -2.42. The lowest BCUT2D eigenvalue weighted by Gasteiger charge is -2.21. The van der Waals surface area contributed by atoms with Gasteiger partial charge in [0.1, 0.15) is 13.8 Å². The minimum atomic E-state index is -1.37. The van der Waals surface area contributed by atoms with Crippen molar-refractivity contribution in [3.05, 3.63) is 40.8 Å². The van der Waals surface area contributed by atoms with Gasteiger partial charge in [0.25, 0.3) is 0 Å². The van der Waals surface area contributed by atoms with Crippen molar-refractivity contribution in [3.8, 4) is 5.75 Å². The summed E-state index contributed by atoms with van der Waals surface area (Å²) in [6.45, 7) is 9.14. The largest absolute Gasteiger partial charge is 0.508 e. The first-order valence-corrected chi connectivity index (χ1v) is 12.6. The number of rotatable bonds is 6. The first-order chi connectivity index (χ1) is 9.97. The van der Waals surface area contributed by atoms with Crippen LogP contribution in [-0.2, 0) is 12.8 Å². The average molecular weight is 337 g/mol. The molecule has 4 heteroatoms. The smallest absolute Gasteiger partial charge is 0.119 e. The van der Waals surface area contributed by atoms with Crippen molar-refractivity contribution in [3.63, 3.8) is 0 Å². The molecule has 21 heavy (non-hydrogen) atoms. The summed E-state index contributed by atoms with van der Waals surface area (Å²) in [7, 11) is -1.37. The normalized spacial score (nSPS) is 11.8. The third-order valence-electron chi connectivity index (χ3n) is 3.80. The van der Waals surface area contributed by atoms with E-state index in [0.717, 1.165) is 18.4 Å². The minimum Gasteiger partial charge on any atom is -0.508 e. The van der Waals surface area contributed by atoms with Crippen LogP contribution in [0.2, 0.25) is 13.1 Å². The van der Waals surface area contributed by atoms with E-state index in [9.17, 15) is 5.11 Å². The van der Waals surface area contributed by atoms with Crippen LogP contribution in [0.1, 0.15) is 25.0 Å². The van der Waals surface area contributed by atoms with Crippen molar-refractivity contribution in [2.45, 2.75) is 44.7 Å². The quantitative estimate of drug-likeness (QED) is 0.602. The first-order valence-electron chi connectivity index (χ1n) is 7.49. The zero-order valence-corrected chi connectivity index (χ0v) is 15.9. The van der Waals surface area contributed by atoms with Crippen molar-refractivity contribution >= 4 is 35.7 Å². The second kappa shape index (κ2) is 7.03. The van der Waals surface area contributed by atoms with Crippen LogP contribution in [0.25, 0.3) is 0 Å². The van der Waals surface area contributed by atoms with Crippen molar-refractivity contribution in [2.75, 3.05) is 5.38 Å². The van der Waals surface area contributed by atoms with Gasteiger partial charge in [-0.2, -0.15) is 11.3 Å². The lowest BCUT2D eigenvalue weighted by atomic mass is 10.1. The first kappa shape index (κ1) is 16.7. The lowest BCUT2D eigenvalue weighted by molar-refractivity contribution is 0.467. The molecule has 0 radical (unpaired) electrons. The summed E-state index contributed by atoms with van der Waals surface area (Å²) in [5.74, 6) is 0.452. The van der Waals surface area contributed by atoms with E-state index in [1.807, 2.05) is 29.2 Å². The molecule has 0 fully saturated rings. The predicted molar refractivity (Wildman–Crippen MR) is 99.0 cm³/mol. The molecule has 0 amide bonds. The van der Waals surface area contributed by atoms with E-state index in [-0.39, 0.29) is 0 Å². The fourth-order valence-electron chi connectivity index (χ4n) is 2.34. The molecule has 0 aliphatic rings. The highest BCUT2D eigenvalue weighted by Crippen LogP contribution is 2.32. The monoisotopic (exact) mass is 336 g/mol. The molecule has 0 atom stereocenters. The van der Waals surface area contributed by atoms with Crippen LogP contribution in [0.5, 0.6) is 5.75 Å². The number of phenolic OH excluding ortho intramolecular Hbond substituents is 1. The van der Waals surface area contributed by atoms with Gasteiger partial charge in [0.05, 0.1) is 0 Å². The number of thiophene rings is 1. The summed E-state index contributed by atoms with van der Waals surface area (Å²) < 4.78 is 1.57. The highest BCUT2D eigenvalue weighted by Gasteiger charge is 2.25. The SMILES string of the molecule is CCc1cc(SC[Si](C)(C)c2cccs2)c(CC)cc1O. The standard InChI is InChI=1S/C17H24OS2Si/c1-5-13-11-16(14(6-2)10-15(13)18)20-12-21(3,4)17-8-7-9-19-17/h7-11,18H,5-6,12H2,1-4H3. The number of aromatic hydroxyl groups is 1. The molecule has 0 aliphatic carbocycles. The molecular weight excluding hydrogens is 312 g/mol. The van der Waals surface area contributed by atoms with E-state index in [1.54, 1.807) is 4.50 Å². The number of phenols is 1. The number of benzene rings is 1. The molecule has 0 saturated heterocycles. The van der Waals surface area contributed by atoms with Crippen LogP contribution in [-0.4, -0.2) is 18.6 Å². The molecule has 0 unspecified atom stereocenters. The van der Waals surface area contributed by atoms with E-state index in [1.165, 1.54) is 15.8 Å². The molecule has 1 heterocycles. The molecular formula is C17H24OS2Si. The number of hydrogen-bond acceptors (Lipinski definition) is 3. The molecule has 1 aromatic heterocycles. The van der Waals surface area contributed by atoms with Crippen LogP contribution in [0.15, 0.2) is 34.5 Å². The van der Waals surface area contributed by atoms with Crippen molar-refractivity contribution in [1.29, 1.82) is 0 Å². The Hall–Kier alpha value is -0.713. The zero-order valence-electron chi connectivity index (χ0n) is 13.3. The molecule has 0 aliphatic heterocycles. The van der Waals surface area contributed by atoms with Crippen molar-refractivity contribution in [1.82, 2.24) is 0 Å². The Labute approximate surface area is 137 Å². The fourth-order valence-corrected chi connectivity index (χ4v) is 8.61. The Bertz CT molecular complexity index is 591. The van der Waals surface area contributed by atoms with Crippen LogP contribution >= 0.6 is 23.1 Å². The van der Waals surface area contributed by atoms with Crippen LogP contribution in [0, 0.1) is 0 Å². The van der Waals surface area contributed by atoms with E-state index < -0.39 is 8.07 Å². The van der Waals surface area contributed by atoms with Gasteiger partial charge in [-0.05, 0) is 51.4 Å². The van der Waals surface area contributed by atoms with Crippen LogP contribution in [0.4, 0.5) is 0 Å². The third-order valence-corrected chi connectivity index (χ3v) is 12.2. The van der Waals surface area contributed by atoms with Crippen molar-refractivity contribution in [2.24, 2.45) is 0 Å². The van der Waals surface area contributed by atoms with Crippen LogP contribution < -0.4 is 4.50 Å². The summed E-state index contributed by atoms with van der Waals surface area (Å²) in [6.07, 6.45) is 1.86. The Morgan fingerprint density at radius 2 is 1.86 bits per heavy atom. The second-order valence-corrected chi connectivity index (χ2v) is 13.4. The molecule has 2 aromatic rings. The van der Waals surface area contributed by atoms with Gasteiger partial charge in [0.15, 0.2) is 0 Å². The Balaban J connectivity index is 2.19. The molecule has 0 saturated carbocycles. The molecule has 1 N–H and O–H groups in total.